The van der Waals surface area contributed by atoms with E-state index in [0.717, 1.165) is 19.4 Å². The van der Waals surface area contributed by atoms with Crippen molar-refractivity contribution in [1.29, 1.82) is 0 Å². The average molecular weight is 496 g/mol. The molecule has 0 saturated carbocycles. The number of carbonyl (C=O) groups excluding carboxylic acids is 1. The molecule has 0 saturated heterocycles. The van der Waals surface area contributed by atoms with E-state index >= 15 is 0 Å². The maximum Gasteiger partial charge on any atom is 0.407 e. The van der Waals surface area contributed by atoms with Crippen molar-refractivity contribution >= 4 is 6.09 Å². The van der Waals surface area contributed by atoms with Crippen LogP contribution in [0.15, 0.2) is 0 Å². The van der Waals surface area contributed by atoms with Gasteiger partial charge in [-0.25, -0.2) is 4.79 Å². The largest absolute Gasteiger partial charge is 0.450 e. The van der Waals surface area contributed by atoms with Crippen LogP contribution in [-0.2, 0) is 4.74 Å². The van der Waals surface area contributed by atoms with Crippen LogP contribution in [-0.4, -0.2) is 19.2 Å². The van der Waals surface area contributed by atoms with E-state index in [4.69, 9.17) is 4.74 Å². The first-order valence-electron chi connectivity index (χ1n) is 16.2. The van der Waals surface area contributed by atoms with Gasteiger partial charge in [0, 0.05) is 6.54 Å². The van der Waals surface area contributed by atoms with E-state index in [2.05, 4.69) is 19.2 Å². The standard InChI is InChI=1S/C32H65NO2/c1-3-5-7-9-11-13-15-16-17-18-19-20-22-24-26-28-30-33-32(34)35-31-29-27-25-23-21-14-12-10-8-6-4-2/h3-31H2,1-2H3,(H,33,34). The van der Waals surface area contributed by atoms with Crippen molar-refractivity contribution in [1.82, 2.24) is 5.32 Å². The Morgan fingerprint density at radius 1 is 0.429 bits per heavy atom. The second-order valence-electron chi connectivity index (χ2n) is 10.9. The van der Waals surface area contributed by atoms with E-state index in [1.54, 1.807) is 0 Å². The van der Waals surface area contributed by atoms with Gasteiger partial charge in [0.2, 0.25) is 0 Å². The highest BCUT2D eigenvalue weighted by Gasteiger charge is 2.01. The Morgan fingerprint density at radius 2 is 0.714 bits per heavy atom. The molecule has 0 aromatic rings. The van der Waals surface area contributed by atoms with E-state index < -0.39 is 0 Å². The first kappa shape index (κ1) is 34.3. The highest BCUT2D eigenvalue weighted by atomic mass is 16.5. The molecule has 0 aliphatic rings. The van der Waals surface area contributed by atoms with Crippen molar-refractivity contribution in [3.05, 3.63) is 0 Å². The second kappa shape index (κ2) is 31.3. The van der Waals surface area contributed by atoms with Crippen LogP contribution < -0.4 is 5.32 Å². The Morgan fingerprint density at radius 3 is 1.06 bits per heavy atom. The summed E-state index contributed by atoms with van der Waals surface area (Å²) in [5.74, 6) is 0. The van der Waals surface area contributed by atoms with Crippen LogP contribution >= 0.6 is 0 Å². The number of carbonyl (C=O) groups is 1. The van der Waals surface area contributed by atoms with Crippen molar-refractivity contribution < 1.29 is 9.53 Å². The predicted molar refractivity (Wildman–Crippen MR) is 155 cm³/mol. The van der Waals surface area contributed by atoms with Crippen molar-refractivity contribution in [3.63, 3.8) is 0 Å². The Bertz CT molecular complexity index is 399. The highest BCUT2D eigenvalue weighted by Crippen LogP contribution is 2.14. The van der Waals surface area contributed by atoms with Crippen molar-refractivity contribution in [2.75, 3.05) is 13.2 Å². The Kier molecular flexibility index (Phi) is 30.6. The third-order valence-corrected chi connectivity index (χ3v) is 7.28. The Balaban J connectivity index is 3.13. The van der Waals surface area contributed by atoms with Gasteiger partial charge in [-0.3, -0.25) is 0 Å². The zero-order chi connectivity index (χ0) is 25.5. The number of ether oxygens (including phenoxy) is 1. The summed E-state index contributed by atoms with van der Waals surface area (Å²) >= 11 is 0. The third kappa shape index (κ3) is 31.2. The SMILES string of the molecule is CCCCCCCCCCCCCCCCCCNC(=O)OCCCCCCCCCCCCC. The fourth-order valence-corrected chi connectivity index (χ4v) is 4.85. The molecule has 0 aromatic heterocycles. The molecule has 0 spiro atoms. The van der Waals surface area contributed by atoms with Crippen molar-refractivity contribution in [3.8, 4) is 0 Å². The predicted octanol–water partition coefficient (Wildman–Crippen LogP) is 11.3. The lowest BCUT2D eigenvalue weighted by Gasteiger charge is -2.07. The molecule has 0 atom stereocenters. The zero-order valence-electron chi connectivity index (χ0n) is 24.3. The first-order valence-corrected chi connectivity index (χ1v) is 16.2. The monoisotopic (exact) mass is 496 g/mol. The molecule has 3 nitrogen and oxygen atoms in total. The quantitative estimate of drug-likeness (QED) is 0.105. The summed E-state index contributed by atoms with van der Waals surface area (Å²) in [4.78, 5) is 11.8. The molecule has 0 radical (unpaired) electrons. The minimum absolute atomic E-state index is 0.224. The summed E-state index contributed by atoms with van der Waals surface area (Å²) in [6, 6.07) is 0. The van der Waals surface area contributed by atoms with Gasteiger partial charge in [0.25, 0.3) is 0 Å². The molecule has 35 heavy (non-hydrogen) atoms. The Hall–Kier alpha value is -0.730. The van der Waals surface area contributed by atoms with Crippen LogP contribution in [0.3, 0.4) is 0 Å². The summed E-state index contributed by atoms with van der Waals surface area (Å²) in [5.41, 5.74) is 0. The van der Waals surface area contributed by atoms with E-state index in [1.165, 1.54) is 161 Å². The number of hydrogen-bond donors (Lipinski definition) is 1. The van der Waals surface area contributed by atoms with Crippen LogP contribution in [0.1, 0.15) is 187 Å². The van der Waals surface area contributed by atoms with Gasteiger partial charge >= 0.3 is 6.09 Å². The summed E-state index contributed by atoms with van der Waals surface area (Å²) < 4.78 is 5.30. The number of nitrogens with one attached hydrogen (secondary N) is 1. The molecule has 1 amide bonds. The number of alkyl carbamates (subject to hydrolysis) is 1. The molecule has 3 heteroatoms. The van der Waals surface area contributed by atoms with Crippen molar-refractivity contribution in [2.24, 2.45) is 0 Å². The molecule has 0 bridgehead atoms. The summed E-state index contributed by atoms with van der Waals surface area (Å²) in [7, 11) is 0. The third-order valence-electron chi connectivity index (χ3n) is 7.28. The van der Waals surface area contributed by atoms with Crippen LogP contribution in [0.25, 0.3) is 0 Å². The fourth-order valence-electron chi connectivity index (χ4n) is 4.85. The summed E-state index contributed by atoms with van der Waals surface area (Å²) in [6.07, 6.45) is 36.3. The summed E-state index contributed by atoms with van der Waals surface area (Å²) in [6.45, 7) is 5.89. The van der Waals surface area contributed by atoms with Crippen molar-refractivity contribution in [2.45, 2.75) is 187 Å². The van der Waals surface area contributed by atoms with E-state index in [0.29, 0.717) is 6.61 Å². The first-order chi connectivity index (χ1) is 17.3. The fraction of sp³-hybridized carbons (Fsp3) is 0.969. The molecule has 0 heterocycles. The number of amides is 1. The van der Waals surface area contributed by atoms with Gasteiger partial charge in [-0.05, 0) is 12.8 Å². The molecule has 0 rings (SSSR count). The number of rotatable bonds is 29. The molecule has 1 N–H and O–H groups in total. The van der Waals surface area contributed by atoms with Gasteiger partial charge in [0.1, 0.15) is 0 Å². The molecular formula is C32H65NO2. The number of unbranched alkanes of at least 4 members (excludes halogenated alkanes) is 25. The molecule has 0 unspecified atom stereocenters. The molecular weight excluding hydrogens is 430 g/mol. The topological polar surface area (TPSA) is 38.3 Å². The molecule has 0 aromatic carbocycles. The van der Waals surface area contributed by atoms with Gasteiger partial charge in [-0.15, -0.1) is 0 Å². The maximum atomic E-state index is 11.8. The smallest absolute Gasteiger partial charge is 0.407 e. The summed E-state index contributed by atoms with van der Waals surface area (Å²) in [5, 5.41) is 2.91. The highest BCUT2D eigenvalue weighted by molar-refractivity contribution is 5.66. The molecule has 0 aliphatic heterocycles. The Labute approximate surface area is 221 Å². The van der Waals surface area contributed by atoms with Gasteiger partial charge in [-0.1, -0.05) is 174 Å². The van der Waals surface area contributed by atoms with Gasteiger partial charge in [0.15, 0.2) is 0 Å². The van der Waals surface area contributed by atoms with Crippen LogP contribution in [0.2, 0.25) is 0 Å². The zero-order valence-corrected chi connectivity index (χ0v) is 24.3. The second-order valence-corrected chi connectivity index (χ2v) is 10.9. The normalized spacial score (nSPS) is 11.1. The lowest BCUT2D eigenvalue weighted by molar-refractivity contribution is 0.143. The molecule has 0 fully saturated rings. The average Bonchev–Trinajstić information content (AvgIpc) is 2.86. The van der Waals surface area contributed by atoms with E-state index in [9.17, 15) is 4.79 Å². The van der Waals surface area contributed by atoms with Crippen LogP contribution in [0, 0.1) is 0 Å². The van der Waals surface area contributed by atoms with Gasteiger partial charge in [0.05, 0.1) is 6.61 Å². The van der Waals surface area contributed by atoms with Gasteiger partial charge < -0.3 is 10.1 Å². The number of hydrogen-bond acceptors (Lipinski definition) is 2. The maximum absolute atomic E-state index is 11.8. The molecule has 210 valence electrons. The lowest BCUT2D eigenvalue weighted by Crippen LogP contribution is -2.25. The molecule has 0 aliphatic carbocycles. The van der Waals surface area contributed by atoms with E-state index in [1.807, 2.05) is 0 Å². The van der Waals surface area contributed by atoms with Crippen LogP contribution in [0.4, 0.5) is 4.79 Å². The minimum atomic E-state index is -0.224. The minimum Gasteiger partial charge on any atom is -0.450 e. The van der Waals surface area contributed by atoms with Gasteiger partial charge in [-0.2, -0.15) is 0 Å². The van der Waals surface area contributed by atoms with E-state index in [-0.39, 0.29) is 6.09 Å². The van der Waals surface area contributed by atoms with Crippen LogP contribution in [0.5, 0.6) is 0 Å². The lowest BCUT2D eigenvalue weighted by atomic mass is 10.0.